The second-order valence-corrected chi connectivity index (χ2v) is 24.1. The number of aromatic nitrogens is 6. The molecule has 1 aliphatic heterocycles. The van der Waals surface area contributed by atoms with Gasteiger partial charge in [-0.2, -0.15) is 68.3 Å². The minimum atomic E-state index is -4.39. The van der Waals surface area contributed by atoms with Crippen LogP contribution in [0, 0.1) is 20.8 Å². The van der Waals surface area contributed by atoms with Crippen molar-refractivity contribution < 1.29 is 54.1 Å². The second-order valence-electron chi connectivity index (χ2n) is 23.2. The first-order chi connectivity index (χ1) is 43.3. The van der Waals surface area contributed by atoms with Gasteiger partial charge in [0, 0.05) is 43.3 Å². The number of rotatable bonds is 13. The molecule has 0 radical (unpaired) electrons. The van der Waals surface area contributed by atoms with Crippen LogP contribution in [0.4, 0.5) is 57.0 Å². The van der Waals surface area contributed by atoms with Crippen molar-refractivity contribution in [1.29, 1.82) is 0 Å². The molecule has 24 heteroatoms. The van der Waals surface area contributed by atoms with Crippen molar-refractivity contribution in [2.24, 2.45) is 0 Å². The van der Waals surface area contributed by atoms with Crippen LogP contribution in [0.25, 0.3) is 32.3 Å². The van der Waals surface area contributed by atoms with E-state index in [1.165, 1.54) is 64.7 Å². The molecule has 3 aliphatic rings. The number of halogens is 10. The Morgan fingerprint density at radius 3 is 1.20 bits per heavy atom. The molecule has 5 N–H and O–H groups in total. The number of ether oxygens (including phenoxy) is 2. The highest BCUT2D eigenvalue weighted by molar-refractivity contribution is 9.10. The number of aliphatic hydroxyl groups is 1. The fraction of sp³-hybridized carbons (Fsp3) is 0.382. The first kappa shape index (κ1) is 70.3. The Morgan fingerprint density at radius 2 is 0.848 bits per heavy atom. The number of nitrogens with zero attached hydrogens (tertiary/aromatic N) is 6. The van der Waals surface area contributed by atoms with Crippen LogP contribution in [-0.2, 0) is 18.5 Å². The third-order valence-corrected chi connectivity index (χ3v) is 17.1. The predicted octanol–water partition coefficient (Wildman–Crippen LogP) is 18.2. The Morgan fingerprint density at radius 1 is 0.489 bits per heavy atom. The Bertz CT molecular complexity index is 3770. The van der Waals surface area contributed by atoms with Gasteiger partial charge < -0.3 is 35.8 Å². The molecule has 4 heterocycles. The van der Waals surface area contributed by atoms with Gasteiger partial charge in [-0.05, 0) is 193 Å². The number of anilines is 3. The van der Waals surface area contributed by atoms with Crippen molar-refractivity contribution in [3.8, 4) is 11.5 Å². The van der Waals surface area contributed by atoms with Crippen molar-refractivity contribution in [2.45, 2.75) is 154 Å². The first-order valence-electron chi connectivity index (χ1n) is 30.3. The molecule has 9 aromatic rings. The average Bonchev–Trinajstić information content (AvgIpc) is 0.956. The number of aliphatic hydroxyl groups excluding tert-OH is 1. The summed E-state index contributed by atoms with van der Waals surface area (Å²) in [5.74, 6) is 3.06. The molecule has 2 aliphatic carbocycles. The molecule has 12 rings (SSSR count). The van der Waals surface area contributed by atoms with E-state index in [1.807, 2.05) is 68.4 Å². The van der Waals surface area contributed by atoms with E-state index >= 15 is 0 Å². The van der Waals surface area contributed by atoms with Gasteiger partial charge in [0.2, 0.25) is 0 Å². The molecular weight excluding hydrogens is 1290 g/mol. The van der Waals surface area contributed by atoms with Crippen molar-refractivity contribution in [3.05, 3.63) is 182 Å². The Kier molecular flexibility index (Phi) is 23.6. The molecular formula is C68H74BrF9N10O3S. The first-order valence-corrected chi connectivity index (χ1v) is 31.0. The maximum absolute atomic E-state index is 13.3. The van der Waals surface area contributed by atoms with Gasteiger partial charge in [0.05, 0.1) is 65.6 Å². The molecule has 13 nitrogen and oxygen atoms in total. The van der Waals surface area contributed by atoms with Crippen LogP contribution in [0.3, 0.4) is 0 Å². The summed E-state index contributed by atoms with van der Waals surface area (Å²) in [5.41, 5.74) is 0.469. The molecule has 2 saturated carbocycles. The fourth-order valence-electron chi connectivity index (χ4n) is 11.8. The summed E-state index contributed by atoms with van der Waals surface area (Å²) >= 11 is 3.42. The summed E-state index contributed by atoms with van der Waals surface area (Å²) < 4.78 is 132. The van der Waals surface area contributed by atoms with Crippen LogP contribution in [0.15, 0.2) is 132 Å². The Balaban J connectivity index is 0.000000169. The lowest BCUT2D eigenvalue weighted by Gasteiger charge is -2.21. The highest BCUT2D eigenvalue weighted by Crippen LogP contribution is 2.40. The molecule has 4 atom stereocenters. The zero-order valence-corrected chi connectivity index (χ0v) is 54.2. The molecule has 0 bridgehead atoms. The molecule has 3 aromatic heterocycles. The van der Waals surface area contributed by atoms with E-state index in [2.05, 4.69) is 67.8 Å². The molecule has 6 aromatic carbocycles. The second kappa shape index (κ2) is 30.9. The van der Waals surface area contributed by atoms with Crippen LogP contribution in [0.1, 0.15) is 147 Å². The van der Waals surface area contributed by atoms with E-state index < -0.39 is 41.3 Å². The standard InChI is InChI=1S/C23H24F3N3O.C22H23F3N4O.C18H15BrF3N3.C5H10O.H2S/c1-14-19(8-5-9-21(14)23(24,25)26)15(2)28-22-20-12-18(30-17-6-3-4-7-17)11-10-16(20)13-27-29-22;1-13-18(4-3-5-20(13)22(23,24)25)14(2)28-21-19-10-16(30-17-8-9-26-12-17)7-6-15(19)11-27-29-21;1-10-14(4-3-5-16(10)18(20,21)22)11(2)24-17-15-8-13(19)7-6-12(15)9-23-25-17;6-5-3-1-2-4-5;/h5,8-13,15,17H,3-4,6-7H2,1-2H3,(H,28,29);3-7,10-11,14,17,26H,8-9,12H2,1-2H3,(H,28,29);3-9,11H,1-2H3,(H,24,25);5-6H,1-4H2;1H2/t15-;14-,17+;11-;;/m111../s1. The van der Waals surface area contributed by atoms with Gasteiger partial charge in [-0.1, -0.05) is 71.2 Å². The van der Waals surface area contributed by atoms with Gasteiger partial charge in [0.25, 0.3) is 0 Å². The summed E-state index contributed by atoms with van der Waals surface area (Å²) in [5, 5.41) is 51.3. The van der Waals surface area contributed by atoms with Gasteiger partial charge >= 0.3 is 18.5 Å². The number of hydrogen-bond donors (Lipinski definition) is 5. The Labute approximate surface area is 543 Å². The predicted molar refractivity (Wildman–Crippen MR) is 351 cm³/mol. The largest absolute Gasteiger partial charge is 0.490 e. The van der Waals surface area contributed by atoms with Crippen molar-refractivity contribution in [1.82, 2.24) is 35.9 Å². The van der Waals surface area contributed by atoms with E-state index in [0.29, 0.717) is 34.1 Å². The molecule has 3 fully saturated rings. The summed E-state index contributed by atoms with van der Waals surface area (Å²) in [4.78, 5) is 0. The van der Waals surface area contributed by atoms with Gasteiger partial charge in [-0.3, -0.25) is 0 Å². The maximum Gasteiger partial charge on any atom is 0.416 e. The van der Waals surface area contributed by atoms with Crippen LogP contribution in [0.2, 0.25) is 0 Å². The lowest BCUT2D eigenvalue weighted by atomic mass is 9.97. The molecule has 0 amide bonds. The van der Waals surface area contributed by atoms with E-state index in [1.54, 1.807) is 43.7 Å². The van der Waals surface area contributed by atoms with E-state index in [4.69, 9.17) is 14.6 Å². The smallest absolute Gasteiger partial charge is 0.416 e. The van der Waals surface area contributed by atoms with Crippen molar-refractivity contribution in [2.75, 3.05) is 29.0 Å². The van der Waals surface area contributed by atoms with Crippen molar-refractivity contribution >= 4 is 79.2 Å². The number of alkyl halides is 9. The zero-order chi connectivity index (χ0) is 65.2. The lowest BCUT2D eigenvalue weighted by molar-refractivity contribution is -0.138. The highest BCUT2D eigenvalue weighted by atomic mass is 79.9. The van der Waals surface area contributed by atoms with E-state index in [0.717, 1.165) is 112 Å². The number of hydrogen-bond acceptors (Lipinski definition) is 13. The lowest BCUT2D eigenvalue weighted by Crippen LogP contribution is -2.19. The van der Waals surface area contributed by atoms with Crippen LogP contribution in [0.5, 0.6) is 11.5 Å². The normalized spacial score (nSPS) is 16.2. The summed E-state index contributed by atoms with van der Waals surface area (Å²) in [6, 6.07) is 28.7. The van der Waals surface area contributed by atoms with E-state index in [9.17, 15) is 39.5 Å². The van der Waals surface area contributed by atoms with Gasteiger partial charge in [0.1, 0.15) is 17.6 Å². The molecule has 490 valence electrons. The Hall–Kier alpha value is -7.54. The number of benzene rings is 6. The highest BCUT2D eigenvalue weighted by Gasteiger charge is 2.36. The zero-order valence-electron chi connectivity index (χ0n) is 51.6. The average molecular weight is 1360 g/mol. The van der Waals surface area contributed by atoms with E-state index in [-0.39, 0.29) is 60.6 Å². The summed E-state index contributed by atoms with van der Waals surface area (Å²) in [6.07, 6.45) is 2.23. The van der Waals surface area contributed by atoms with Crippen LogP contribution in [-0.4, -0.2) is 67.1 Å². The quantitative estimate of drug-likeness (QED) is 0.0694. The molecule has 0 unspecified atom stereocenters. The van der Waals surface area contributed by atoms with Crippen LogP contribution < -0.4 is 30.7 Å². The third kappa shape index (κ3) is 18.0. The minimum absolute atomic E-state index is 0. The number of nitrogens with one attached hydrogen (secondary N) is 4. The SMILES string of the molecule is Cc1c([C@@H](C)Nc2nncc3ccc(Br)cc23)cccc1C(F)(F)F.Cc1c([C@@H](C)Nc2nncc3ccc(OC4CCCC4)cc23)cccc1C(F)(F)F.Cc1c([C@@H](C)Nc2nncc3ccc(O[C@H]4CCNC4)cc23)cccc1C(F)(F)F.OC1CCCC1.S. The summed E-state index contributed by atoms with van der Waals surface area (Å²) in [7, 11) is 0. The van der Waals surface area contributed by atoms with Crippen molar-refractivity contribution in [3.63, 3.8) is 0 Å². The van der Waals surface area contributed by atoms with Crippen LogP contribution >= 0.6 is 29.4 Å². The topological polar surface area (TPSA) is 164 Å². The monoisotopic (exact) mass is 1360 g/mol. The fourth-order valence-corrected chi connectivity index (χ4v) is 12.1. The molecule has 0 spiro atoms. The minimum Gasteiger partial charge on any atom is -0.490 e. The van der Waals surface area contributed by atoms with Gasteiger partial charge in [-0.25, -0.2) is 0 Å². The molecule has 1 saturated heterocycles. The number of fused-ring (bicyclic) bond motifs is 3. The molecule has 92 heavy (non-hydrogen) atoms. The van der Waals surface area contributed by atoms with Gasteiger partial charge in [0.15, 0.2) is 17.5 Å². The van der Waals surface area contributed by atoms with Gasteiger partial charge in [-0.15, -0.1) is 15.3 Å². The summed E-state index contributed by atoms with van der Waals surface area (Å²) in [6.45, 7) is 11.7. The third-order valence-electron chi connectivity index (χ3n) is 16.6. The maximum atomic E-state index is 13.3.